The first-order chi connectivity index (χ1) is 17.7. The van der Waals surface area contributed by atoms with Crippen LogP contribution in [0.25, 0.3) is 10.9 Å². The number of benzene rings is 2. The summed E-state index contributed by atoms with van der Waals surface area (Å²) >= 11 is 0. The molecule has 0 aliphatic rings. The maximum atomic E-state index is 13.2. The van der Waals surface area contributed by atoms with Gasteiger partial charge in [-0.1, -0.05) is 48.5 Å². The van der Waals surface area contributed by atoms with E-state index in [-0.39, 0.29) is 19.4 Å². The van der Waals surface area contributed by atoms with E-state index in [9.17, 15) is 29.4 Å². The summed E-state index contributed by atoms with van der Waals surface area (Å²) in [5.41, 5.74) is 7.71. The highest BCUT2D eigenvalue weighted by atomic mass is 16.4. The summed E-state index contributed by atoms with van der Waals surface area (Å²) in [7, 11) is 0. The monoisotopic (exact) mass is 509 g/mol. The molecule has 1 aromatic heterocycles. The fourth-order valence-corrected chi connectivity index (χ4v) is 3.95. The Morgan fingerprint density at radius 2 is 1.57 bits per heavy atom. The molecule has 4 unspecified atom stereocenters. The number of aliphatic hydroxyl groups excluding tert-OH is 1. The summed E-state index contributed by atoms with van der Waals surface area (Å²) in [5.74, 6) is -3.45. The van der Waals surface area contributed by atoms with Gasteiger partial charge in [0.2, 0.25) is 17.7 Å². The molecule has 0 aliphatic heterocycles. The number of aliphatic carboxylic acids is 1. The van der Waals surface area contributed by atoms with Crippen molar-refractivity contribution < 1.29 is 29.4 Å². The van der Waals surface area contributed by atoms with Gasteiger partial charge in [-0.2, -0.15) is 0 Å². The molecule has 0 aliphatic carbocycles. The standard InChI is InChI=1S/C26H31N5O6/c1-15(32)23(25(35)30-21(26(36)37)11-16-7-3-2-4-8-16)31-24(34)20(29-22(33)13-27)12-17-14-28-19-10-6-5-9-18(17)19/h2-10,14-15,20-21,23,28,32H,11-13,27H2,1H3,(H,29,33)(H,30,35)(H,31,34)(H,36,37). The maximum absolute atomic E-state index is 13.2. The smallest absolute Gasteiger partial charge is 0.326 e. The summed E-state index contributed by atoms with van der Waals surface area (Å²) in [6.07, 6.45) is 0.466. The van der Waals surface area contributed by atoms with Crippen LogP contribution in [0, 0.1) is 0 Å². The van der Waals surface area contributed by atoms with Gasteiger partial charge in [0.05, 0.1) is 12.6 Å². The van der Waals surface area contributed by atoms with E-state index in [0.717, 1.165) is 16.5 Å². The molecule has 196 valence electrons. The van der Waals surface area contributed by atoms with E-state index in [1.165, 1.54) is 6.92 Å². The van der Waals surface area contributed by atoms with Crippen molar-refractivity contribution in [2.75, 3.05) is 6.54 Å². The first kappa shape index (κ1) is 27.4. The fourth-order valence-electron chi connectivity index (χ4n) is 3.95. The van der Waals surface area contributed by atoms with Gasteiger partial charge < -0.3 is 36.9 Å². The van der Waals surface area contributed by atoms with E-state index >= 15 is 0 Å². The quantitative estimate of drug-likeness (QED) is 0.177. The Hall–Kier alpha value is -4.22. The molecule has 0 saturated carbocycles. The Morgan fingerprint density at radius 3 is 2.22 bits per heavy atom. The van der Waals surface area contributed by atoms with Gasteiger partial charge in [-0.05, 0) is 24.1 Å². The van der Waals surface area contributed by atoms with E-state index in [1.54, 1.807) is 36.5 Å². The molecule has 8 N–H and O–H groups in total. The highest BCUT2D eigenvalue weighted by Gasteiger charge is 2.32. The van der Waals surface area contributed by atoms with Crippen molar-refractivity contribution in [1.82, 2.24) is 20.9 Å². The fraction of sp³-hybridized carbons (Fsp3) is 0.308. The molecule has 0 bridgehead atoms. The molecular weight excluding hydrogens is 478 g/mol. The normalized spacial score (nSPS) is 14.2. The number of rotatable bonds is 12. The SMILES string of the molecule is CC(O)C(NC(=O)C(Cc1c[nH]c2ccccc12)NC(=O)CN)C(=O)NC(Cc1ccccc1)C(=O)O. The number of H-pyrrole nitrogens is 1. The molecule has 1 heterocycles. The summed E-state index contributed by atoms with van der Waals surface area (Å²) < 4.78 is 0. The van der Waals surface area contributed by atoms with Crippen LogP contribution in [0.1, 0.15) is 18.1 Å². The summed E-state index contributed by atoms with van der Waals surface area (Å²) in [6, 6.07) is 12.3. The first-order valence-electron chi connectivity index (χ1n) is 11.8. The topological polar surface area (TPSA) is 187 Å². The Balaban J connectivity index is 1.76. The van der Waals surface area contributed by atoms with Gasteiger partial charge in [0.25, 0.3) is 0 Å². The van der Waals surface area contributed by atoms with Crippen LogP contribution in [0.5, 0.6) is 0 Å². The van der Waals surface area contributed by atoms with E-state index in [0.29, 0.717) is 5.56 Å². The number of aliphatic hydroxyl groups is 1. The summed E-state index contributed by atoms with van der Waals surface area (Å²) in [6.45, 7) is 0.947. The number of carboxylic acids is 1. The molecule has 4 atom stereocenters. The zero-order valence-corrected chi connectivity index (χ0v) is 20.3. The summed E-state index contributed by atoms with van der Waals surface area (Å²) in [4.78, 5) is 53.1. The molecule has 11 nitrogen and oxygen atoms in total. The molecular formula is C26H31N5O6. The number of aromatic nitrogens is 1. The molecule has 0 spiro atoms. The van der Waals surface area contributed by atoms with Gasteiger partial charge in [-0.15, -0.1) is 0 Å². The Kier molecular flexibility index (Phi) is 9.36. The lowest BCUT2D eigenvalue weighted by Crippen LogP contribution is -2.59. The minimum absolute atomic E-state index is 0.0120. The molecule has 0 saturated heterocycles. The van der Waals surface area contributed by atoms with E-state index in [1.807, 2.05) is 24.3 Å². The van der Waals surface area contributed by atoms with Crippen LogP contribution in [0.2, 0.25) is 0 Å². The number of hydrogen-bond acceptors (Lipinski definition) is 6. The lowest BCUT2D eigenvalue weighted by atomic mass is 10.0. The third-order valence-corrected chi connectivity index (χ3v) is 5.90. The van der Waals surface area contributed by atoms with Crippen LogP contribution < -0.4 is 21.7 Å². The lowest BCUT2D eigenvalue weighted by Gasteiger charge is -2.26. The van der Waals surface area contributed by atoms with Crippen molar-refractivity contribution in [1.29, 1.82) is 0 Å². The van der Waals surface area contributed by atoms with E-state index in [2.05, 4.69) is 20.9 Å². The minimum atomic E-state index is -1.47. The van der Waals surface area contributed by atoms with Crippen molar-refractivity contribution in [3.63, 3.8) is 0 Å². The molecule has 37 heavy (non-hydrogen) atoms. The molecule has 11 heteroatoms. The third kappa shape index (κ3) is 7.38. The zero-order chi connectivity index (χ0) is 26.9. The van der Waals surface area contributed by atoms with Gasteiger partial charge in [-0.3, -0.25) is 14.4 Å². The first-order valence-corrected chi connectivity index (χ1v) is 11.8. The van der Waals surface area contributed by atoms with Gasteiger partial charge in [0.15, 0.2) is 0 Å². The van der Waals surface area contributed by atoms with Crippen molar-refractivity contribution in [3.8, 4) is 0 Å². The predicted octanol–water partition coefficient (Wildman–Crippen LogP) is -0.168. The zero-order valence-electron chi connectivity index (χ0n) is 20.3. The second-order valence-corrected chi connectivity index (χ2v) is 8.70. The van der Waals surface area contributed by atoms with Gasteiger partial charge >= 0.3 is 5.97 Å². The van der Waals surface area contributed by atoms with Crippen LogP contribution in [0.3, 0.4) is 0 Å². The number of hydrogen-bond donors (Lipinski definition) is 7. The number of aromatic amines is 1. The molecule has 3 aromatic rings. The minimum Gasteiger partial charge on any atom is -0.480 e. The maximum Gasteiger partial charge on any atom is 0.326 e. The Bertz CT molecular complexity index is 1240. The van der Waals surface area contributed by atoms with Crippen molar-refractivity contribution in [2.24, 2.45) is 5.73 Å². The van der Waals surface area contributed by atoms with Crippen LogP contribution in [-0.4, -0.2) is 69.7 Å². The number of carbonyl (C=O) groups excluding carboxylic acids is 3. The number of para-hydroxylation sites is 1. The number of nitrogens with two attached hydrogens (primary N) is 1. The molecule has 0 radical (unpaired) electrons. The Morgan fingerprint density at radius 1 is 0.892 bits per heavy atom. The second kappa shape index (κ2) is 12.7. The second-order valence-electron chi connectivity index (χ2n) is 8.70. The van der Waals surface area contributed by atoms with Crippen LogP contribution in [0.4, 0.5) is 0 Å². The third-order valence-electron chi connectivity index (χ3n) is 5.90. The van der Waals surface area contributed by atoms with Gasteiger partial charge in [0, 0.05) is 29.9 Å². The lowest BCUT2D eigenvalue weighted by molar-refractivity contribution is -0.143. The molecule has 2 aromatic carbocycles. The number of fused-ring (bicyclic) bond motifs is 1. The molecule has 3 amide bonds. The van der Waals surface area contributed by atoms with Crippen LogP contribution in [0.15, 0.2) is 60.8 Å². The summed E-state index contributed by atoms with van der Waals surface area (Å²) in [5, 5.41) is 28.1. The van der Waals surface area contributed by atoms with Crippen molar-refractivity contribution >= 4 is 34.6 Å². The van der Waals surface area contributed by atoms with E-state index in [4.69, 9.17) is 5.73 Å². The highest BCUT2D eigenvalue weighted by Crippen LogP contribution is 2.19. The number of amides is 3. The van der Waals surface area contributed by atoms with Crippen molar-refractivity contribution in [3.05, 3.63) is 71.9 Å². The number of carbonyl (C=O) groups is 4. The predicted molar refractivity (Wildman–Crippen MR) is 136 cm³/mol. The highest BCUT2D eigenvalue weighted by molar-refractivity contribution is 5.94. The van der Waals surface area contributed by atoms with Gasteiger partial charge in [-0.25, -0.2) is 4.79 Å². The Labute approximate surface area is 213 Å². The van der Waals surface area contributed by atoms with Crippen LogP contribution in [-0.2, 0) is 32.0 Å². The molecule has 3 rings (SSSR count). The largest absolute Gasteiger partial charge is 0.480 e. The molecule has 0 fully saturated rings. The average Bonchev–Trinajstić information content (AvgIpc) is 3.29. The van der Waals surface area contributed by atoms with E-state index < -0.39 is 47.9 Å². The van der Waals surface area contributed by atoms with Gasteiger partial charge in [0.1, 0.15) is 18.1 Å². The van der Waals surface area contributed by atoms with Crippen LogP contribution >= 0.6 is 0 Å². The average molecular weight is 510 g/mol. The van der Waals surface area contributed by atoms with Crippen molar-refractivity contribution in [2.45, 2.75) is 44.0 Å². The number of nitrogens with one attached hydrogen (secondary N) is 4. The number of carboxylic acid groups (broad SMARTS) is 1.